The summed E-state index contributed by atoms with van der Waals surface area (Å²) in [6, 6.07) is 9.15. The molecule has 1 saturated heterocycles. The average molecular weight is 456 g/mol. The molecule has 2 aliphatic rings. The number of benzene rings is 1. The molecule has 1 fully saturated rings. The number of thiocarbonyl (C=S) groups is 1. The summed E-state index contributed by atoms with van der Waals surface area (Å²) in [5.41, 5.74) is 1.56. The lowest BCUT2D eigenvalue weighted by molar-refractivity contribution is -0.122. The fraction of sp³-hybridized carbons (Fsp3) is 0.273. The van der Waals surface area contributed by atoms with Gasteiger partial charge in [0.05, 0.1) is 16.8 Å². The first-order valence-corrected chi connectivity index (χ1v) is 11.2. The van der Waals surface area contributed by atoms with E-state index in [1.165, 1.54) is 11.8 Å². The van der Waals surface area contributed by atoms with E-state index in [-0.39, 0.29) is 18.6 Å². The number of fused-ring (bicyclic) bond motifs is 1. The van der Waals surface area contributed by atoms with E-state index in [0.717, 1.165) is 24.8 Å². The summed E-state index contributed by atoms with van der Waals surface area (Å²) in [5, 5.41) is 2.82. The fourth-order valence-corrected chi connectivity index (χ4v) is 4.55. The molecule has 0 radical (unpaired) electrons. The zero-order valence-electron chi connectivity index (χ0n) is 16.7. The number of unbranched alkanes of at least 4 members (excludes halogenated alkanes) is 2. The van der Waals surface area contributed by atoms with Crippen LogP contribution in [0.4, 0.5) is 5.69 Å². The molecule has 3 heterocycles. The Bertz CT molecular complexity index is 1030. The van der Waals surface area contributed by atoms with Gasteiger partial charge in [-0.1, -0.05) is 36.5 Å². The van der Waals surface area contributed by atoms with Crippen LogP contribution in [0.15, 0.2) is 47.6 Å². The first-order chi connectivity index (χ1) is 15.1. The van der Waals surface area contributed by atoms with Crippen molar-refractivity contribution in [2.24, 2.45) is 0 Å². The van der Waals surface area contributed by atoms with Gasteiger partial charge in [-0.2, -0.15) is 0 Å². The van der Waals surface area contributed by atoms with Crippen molar-refractivity contribution in [3.8, 4) is 11.5 Å². The predicted octanol–water partition coefficient (Wildman–Crippen LogP) is 4.21. The number of thioether (sulfide) groups is 1. The zero-order valence-corrected chi connectivity index (χ0v) is 18.3. The molecule has 160 valence electrons. The predicted molar refractivity (Wildman–Crippen MR) is 124 cm³/mol. The number of amides is 2. The van der Waals surface area contributed by atoms with Gasteiger partial charge in [0, 0.05) is 19.2 Å². The maximum atomic E-state index is 12.8. The summed E-state index contributed by atoms with van der Waals surface area (Å²) < 4.78 is 11.3. The number of nitrogens with one attached hydrogen (secondary N) is 1. The van der Waals surface area contributed by atoms with Crippen molar-refractivity contribution >= 4 is 51.9 Å². The molecule has 0 saturated carbocycles. The Balaban J connectivity index is 1.23. The monoisotopic (exact) mass is 455 g/mol. The minimum atomic E-state index is -0.0815. The molecule has 1 aromatic carbocycles. The minimum absolute atomic E-state index is 0.0368. The Morgan fingerprint density at radius 3 is 2.94 bits per heavy atom. The highest BCUT2D eigenvalue weighted by Crippen LogP contribution is 2.36. The Morgan fingerprint density at radius 2 is 2.10 bits per heavy atom. The molecule has 0 aliphatic carbocycles. The molecule has 7 nitrogen and oxygen atoms in total. The SMILES string of the molecule is O=C(CCCCCN1C(=O)C(=Cc2ccc3c(c2)OCO3)SC1=S)Nc1cccnc1. The van der Waals surface area contributed by atoms with Gasteiger partial charge in [0.2, 0.25) is 12.7 Å². The molecular formula is C22H21N3O4S2. The van der Waals surface area contributed by atoms with Crippen LogP contribution in [-0.4, -0.2) is 39.4 Å². The van der Waals surface area contributed by atoms with Crippen LogP contribution in [0.25, 0.3) is 6.08 Å². The van der Waals surface area contributed by atoms with Gasteiger partial charge in [0.1, 0.15) is 4.32 Å². The van der Waals surface area contributed by atoms with Crippen molar-refractivity contribution in [2.45, 2.75) is 25.7 Å². The summed E-state index contributed by atoms with van der Waals surface area (Å²) in [4.78, 5) is 30.9. The lowest BCUT2D eigenvalue weighted by Gasteiger charge is -2.14. The normalized spacial score (nSPS) is 16.3. The molecule has 1 aromatic heterocycles. The van der Waals surface area contributed by atoms with Crippen LogP contribution in [0.3, 0.4) is 0 Å². The molecule has 0 bridgehead atoms. The van der Waals surface area contributed by atoms with Gasteiger partial charge < -0.3 is 14.8 Å². The van der Waals surface area contributed by atoms with Crippen LogP contribution >= 0.6 is 24.0 Å². The van der Waals surface area contributed by atoms with E-state index in [9.17, 15) is 9.59 Å². The van der Waals surface area contributed by atoms with Crippen molar-refractivity contribution < 1.29 is 19.1 Å². The van der Waals surface area contributed by atoms with E-state index in [1.807, 2.05) is 24.3 Å². The third-order valence-corrected chi connectivity index (χ3v) is 6.18. The lowest BCUT2D eigenvalue weighted by atomic mass is 10.1. The van der Waals surface area contributed by atoms with E-state index in [2.05, 4.69) is 10.3 Å². The standard InChI is InChI=1S/C22H21N3O4S2/c26-20(24-16-5-4-9-23-13-16)6-2-1-3-10-25-21(27)19(31-22(25)30)12-15-7-8-17-18(11-15)29-14-28-17/h4-5,7-9,11-13H,1-3,6,10,14H2,(H,24,26). The lowest BCUT2D eigenvalue weighted by Crippen LogP contribution is -2.29. The van der Waals surface area contributed by atoms with Crippen LogP contribution in [0.1, 0.15) is 31.2 Å². The highest BCUT2D eigenvalue weighted by molar-refractivity contribution is 8.26. The summed E-state index contributed by atoms with van der Waals surface area (Å²) in [5.74, 6) is 1.27. The minimum Gasteiger partial charge on any atom is -0.454 e. The van der Waals surface area contributed by atoms with Gasteiger partial charge in [-0.25, -0.2) is 0 Å². The molecular weight excluding hydrogens is 434 g/mol. The number of ether oxygens (including phenoxy) is 2. The number of nitrogens with zero attached hydrogens (tertiary/aromatic N) is 2. The quantitative estimate of drug-likeness (QED) is 0.363. The van der Waals surface area contributed by atoms with Crippen molar-refractivity contribution in [1.82, 2.24) is 9.88 Å². The second-order valence-electron chi connectivity index (χ2n) is 7.05. The Morgan fingerprint density at radius 1 is 1.23 bits per heavy atom. The van der Waals surface area contributed by atoms with E-state index in [4.69, 9.17) is 21.7 Å². The van der Waals surface area contributed by atoms with Crippen LogP contribution < -0.4 is 14.8 Å². The first-order valence-electron chi connectivity index (χ1n) is 9.95. The van der Waals surface area contributed by atoms with Gasteiger partial charge in [0.25, 0.3) is 5.91 Å². The number of carbonyl (C=O) groups is 2. The highest BCUT2D eigenvalue weighted by Gasteiger charge is 2.31. The van der Waals surface area contributed by atoms with Crippen LogP contribution in [-0.2, 0) is 9.59 Å². The number of pyridine rings is 1. The van der Waals surface area contributed by atoms with Gasteiger partial charge in [-0.05, 0) is 48.7 Å². The first kappa shape index (κ1) is 21.3. The van der Waals surface area contributed by atoms with E-state index in [0.29, 0.717) is 39.4 Å². The summed E-state index contributed by atoms with van der Waals surface area (Å²) in [6.45, 7) is 0.763. The largest absolute Gasteiger partial charge is 0.454 e. The maximum absolute atomic E-state index is 12.8. The summed E-state index contributed by atoms with van der Waals surface area (Å²) >= 11 is 6.70. The molecule has 2 amide bonds. The molecule has 31 heavy (non-hydrogen) atoms. The molecule has 1 N–H and O–H groups in total. The van der Waals surface area contributed by atoms with Crippen LogP contribution in [0, 0.1) is 0 Å². The van der Waals surface area contributed by atoms with Crippen molar-refractivity contribution in [3.05, 3.63) is 53.2 Å². The second-order valence-corrected chi connectivity index (χ2v) is 8.72. The molecule has 2 aromatic rings. The van der Waals surface area contributed by atoms with E-state index >= 15 is 0 Å². The second kappa shape index (κ2) is 9.93. The topological polar surface area (TPSA) is 80.8 Å². The van der Waals surface area contributed by atoms with Gasteiger partial charge in [-0.15, -0.1) is 0 Å². The van der Waals surface area contributed by atoms with Crippen LogP contribution in [0.5, 0.6) is 11.5 Å². The summed E-state index contributed by atoms with van der Waals surface area (Å²) in [7, 11) is 0. The third kappa shape index (κ3) is 5.42. The van der Waals surface area contributed by atoms with E-state index < -0.39 is 0 Å². The van der Waals surface area contributed by atoms with Gasteiger partial charge >= 0.3 is 0 Å². The number of hydrogen-bond donors (Lipinski definition) is 1. The van der Waals surface area contributed by atoms with Crippen LogP contribution in [0.2, 0.25) is 0 Å². The number of anilines is 1. The third-order valence-electron chi connectivity index (χ3n) is 4.80. The molecule has 0 spiro atoms. The molecule has 2 aliphatic heterocycles. The number of rotatable bonds is 8. The number of aromatic nitrogens is 1. The zero-order chi connectivity index (χ0) is 21.6. The Hall–Kier alpha value is -2.91. The molecule has 4 rings (SSSR count). The summed E-state index contributed by atoms with van der Waals surface area (Å²) in [6.07, 6.45) is 7.88. The number of hydrogen-bond acceptors (Lipinski definition) is 7. The molecule has 0 unspecified atom stereocenters. The maximum Gasteiger partial charge on any atom is 0.266 e. The Kier molecular flexibility index (Phi) is 6.83. The average Bonchev–Trinajstić information content (AvgIpc) is 3.33. The van der Waals surface area contributed by atoms with Gasteiger partial charge in [0.15, 0.2) is 11.5 Å². The van der Waals surface area contributed by atoms with Crippen molar-refractivity contribution in [2.75, 3.05) is 18.7 Å². The van der Waals surface area contributed by atoms with Gasteiger partial charge in [-0.3, -0.25) is 19.5 Å². The van der Waals surface area contributed by atoms with Crippen molar-refractivity contribution in [3.63, 3.8) is 0 Å². The number of carbonyl (C=O) groups excluding carboxylic acids is 2. The molecule has 9 heteroatoms. The Labute approximate surface area is 189 Å². The van der Waals surface area contributed by atoms with E-state index in [1.54, 1.807) is 29.4 Å². The smallest absolute Gasteiger partial charge is 0.266 e. The van der Waals surface area contributed by atoms with Crippen molar-refractivity contribution in [1.29, 1.82) is 0 Å². The molecule has 0 atom stereocenters. The fourth-order valence-electron chi connectivity index (χ4n) is 3.24. The highest BCUT2D eigenvalue weighted by atomic mass is 32.2.